The largest absolute Gasteiger partial charge is 0.457 e. The third kappa shape index (κ3) is 4.18. The van der Waals surface area contributed by atoms with Crippen molar-refractivity contribution in [3.05, 3.63) is 54.1 Å². The van der Waals surface area contributed by atoms with E-state index < -0.39 is 5.60 Å². The second kappa shape index (κ2) is 7.68. The normalized spacial score (nSPS) is 16.2. The molecule has 5 nitrogen and oxygen atoms in total. The lowest BCUT2D eigenvalue weighted by molar-refractivity contribution is -0.140. The topological polar surface area (TPSA) is 59.6 Å². The summed E-state index contributed by atoms with van der Waals surface area (Å²) in [5, 5.41) is 6.21. The zero-order valence-corrected chi connectivity index (χ0v) is 14.7. The molecule has 1 saturated heterocycles. The summed E-state index contributed by atoms with van der Waals surface area (Å²) in [6.07, 6.45) is 1.34. The van der Waals surface area contributed by atoms with Gasteiger partial charge in [-0.3, -0.25) is 4.79 Å². The van der Waals surface area contributed by atoms with E-state index in [4.69, 9.17) is 9.47 Å². The average molecular weight is 340 g/mol. The lowest BCUT2D eigenvalue weighted by Gasteiger charge is -2.34. The molecule has 0 saturated carbocycles. The molecule has 2 aromatic rings. The fraction of sp³-hybridized carbons (Fsp3) is 0.350. The van der Waals surface area contributed by atoms with Gasteiger partial charge in [-0.25, -0.2) is 0 Å². The highest BCUT2D eigenvalue weighted by Gasteiger charge is 2.39. The molecule has 1 amide bonds. The minimum Gasteiger partial charge on any atom is -0.457 e. The van der Waals surface area contributed by atoms with Crippen LogP contribution in [0.3, 0.4) is 0 Å². The van der Waals surface area contributed by atoms with Crippen LogP contribution in [0.25, 0.3) is 0 Å². The molecule has 0 aliphatic carbocycles. The number of hydrogen-bond donors (Lipinski definition) is 2. The van der Waals surface area contributed by atoms with Gasteiger partial charge in [-0.2, -0.15) is 0 Å². The summed E-state index contributed by atoms with van der Waals surface area (Å²) in [5.74, 6) is 1.43. The van der Waals surface area contributed by atoms with Gasteiger partial charge in [0.25, 0.3) is 5.91 Å². The number of ether oxygens (including phenoxy) is 2. The van der Waals surface area contributed by atoms with Crippen molar-refractivity contribution in [3.63, 3.8) is 0 Å². The van der Waals surface area contributed by atoms with E-state index in [9.17, 15) is 4.79 Å². The van der Waals surface area contributed by atoms with Crippen LogP contribution in [0, 0.1) is 6.92 Å². The third-order valence-corrected chi connectivity index (χ3v) is 4.55. The molecule has 0 unspecified atom stereocenters. The van der Waals surface area contributed by atoms with E-state index in [1.165, 1.54) is 0 Å². The molecule has 2 aromatic carbocycles. The molecule has 0 radical (unpaired) electrons. The highest BCUT2D eigenvalue weighted by atomic mass is 16.5. The number of benzene rings is 2. The van der Waals surface area contributed by atoms with E-state index >= 15 is 0 Å². The zero-order chi connectivity index (χ0) is 17.7. The van der Waals surface area contributed by atoms with Crippen molar-refractivity contribution in [2.24, 2.45) is 0 Å². The molecule has 1 fully saturated rings. The maximum atomic E-state index is 12.6. The number of nitrogens with one attached hydrogen (secondary N) is 2. The highest BCUT2D eigenvalue weighted by molar-refractivity contribution is 5.97. The minimum atomic E-state index is -0.748. The summed E-state index contributed by atoms with van der Waals surface area (Å²) < 4.78 is 11.4. The van der Waals surface area contributed by atoms with Gasteiger partial charge in [0.2, 0.25) is 0 Å². The van der Waals surface area contributed by atoms with E-state index in [2.05, 4.69) is 10.6 Å². The zero-order valence-electron chi connectivity index (χ0n) is 14.7. The van der Waals surface area contributed by atoms with Gasteiger partial charge in [0.05, 0.1) is 0 Å². The van der Waals surface area contributed by atoms with Crippen LogP contribution in [0.4, 0.5) is 5.69 Å². The molecule has 1 aliphatic heterocycles. The maximum Gasteiger partial charge on any atom is 0.256 e. The highest BCUT2D eigenvalue weighted by Crippen LogP contribution is 2.27. The smallest absolute Gasteiger partial charge is 0.256 e. The summed E-state index contributed by atoms with van der Waals surface area (Å²) in [6, 6.07) is 15.3. The van der Waals surface area contributed by atoms with Crippen LogP contribution >= 0.6 is 0 Å². The standard InChI is InChI=1S/C20H24N2O3/c1-15-4-3-5-18(14-15)25-17-8-6-16(7-9-17)22-19(23)20(24-2)10-12-21-13-11-20/h3-9,14,21H,10-13H2,1-2H3,(H,22,23). The number of carbonyl (C=O) groups excluding carboxylic acids is 1. The van der Waals surface area contributed by atoms with Crippen molar-refractivity contribution in [1.29, 1.82) is 0 Å². The molecule has 1 aliphatic rings. The van der Waals surface area contributed by atoms with Gasteiger partial charge in [0, 0.05) is 12.8 Å². The van der Waals surface area contributed by atoms with Gasteiger partial charge in [0.1, 0.15) is 17.1 Å². The van der Waals surface area contributed by atoms with Crippen molar-refractivity contribution >= 4 is 11.6 Å². The van der Waals surface area contributed by atoms with Crippen molar-refractivity contribution < 1.29 is 14.3 Å². The van der Waals surface area contributed by atoms with Crippen LogP contribution in [0.15, 0.2) is 48.5 Å². The fourth-order valence-electron chi connectivity index (χ4n) is 3.02. The van der Waals surface area contributed by atoms with Gasteiger partial charge < -0.3 is 20.1 Å². The predicted molar refractivity (Wildman–Crippen MR) is 98.2 cm³/mol. The van der Waals surface area contributed by atoms with Crippen LogP contribution < -0.4 is 15.4 Å². The van der Waals surface area contributed by atoms with E-state index in [0.29, 0.717) is 12.8 Å². The molecule has 1 heterocycles. The first-order chi connectivity index (χ1) is 12.1. The van der Waals surface area contributed by atoms with Crippen LogP contribution in [0.5, 0.6) is 11.5 Å². The Morgan fingerprint density at radius 1 is 1.08 bits per heavy atom. The Labute approximate surface area is 148 Å². The van der Waals surface area contributed by atoms with Crippen molar-refractivity contribution in [2.75, 3.05) is 25.5 Å². The summed E-state index contributed by atoms with van der Waals surface area (Å²) in [7, 11) is 1.60. The van der Waals surface area contributed by atoms with Gasteiger partial charge in [0.15, 0.2) is 0 Å². The molecule has 5 heteroatoms. The Bertz CT molecular complexity index is 722. The molecule has 0 aromatic heterocycles. The van der Waals surface area contributed by atoms with Gasteiger partial charge >= 0.3 is 0 Å². The van der Waals surface area contributed by atoms with E-state index in [0.717, 1.165) is 35.8 Å². The number of anilines is 1. The van der Waals surface area contributed by atoms with Crippen LogP contribution in [0.1, 0.15) is 18.4 Å². The van der Waals surface area contributed by atoms with Crippen LogP contribution in [-0.2, 0) is 9.53 Å². The molecule has 3 rings (SSSR count). The van der Waals surface area contributed by atoms with Gasteiger partial charge in [-0.15, -0.1) is 0 Å². The first-order valence-corrected chi connectivity index (χ1v) is 8.53. The third-order valence-electron chi connectivity index (χ3n) is 4.55. The molecule has 132 valence electrons. The Morgan fingerprint density at radius 3 is 2.44 bits per heavy atom. The molecule has 0 atom stereocenters. The number of hydrogen-bond acceptors (Lipinski definition) is 4. The van der Waals surface area contributed by atoms with E-state index in [1.54, 1.807) is 7.11 Å². The lowest BCUT2D eigenvalue weighted by atomic mass is 9.91. The first kappa shape index (κ1) is 17.5. The molecule has 0 bridgehead atoms. The number of piperidine rings is 1. The molecule has 2 N–H and O–H groups in total. The number of rotatable bonds is 5. The minimum absolute atomic E-state index is 0.0937. The van der Waals surface area contributed by atoms with Gasteiger partial charge in [-0.05, 0) is 74.8 Å². The monoisotopic (exact) mass is 340 g/mol. The fourth-order valence-corrected chi connectivity index (χ4v) is 3.02. The molecule has 25 heavy (non-hydrogen) atoms. The predicted octanol–water partition coefficient (Wildman–Crippen LogP) is 3.49. The van der Waals surface area contributed by atoms with E-state index in [1.807, 2.05) is 55.5 Å². The quantitative estimate of drug-likeness (QED) is 0.875. The second-order valence-electron chi connectivity index (χ2n) is 6.35. The number of aryl methyl sites for hydroxylation is 1. The summed E-state index contributed by atoms with van der Waals surface area (Å²) in [5.41, 5.74) is 1.13. The SMILES string of the molecule is COC1(C(=O)Nc2ccc(Oc3cccc(C)c3)cc2)CCNCC1. The lowest BCUT2D eigenvalue weighted by Crippen LogP contribution is -2.51. The first-order valence-electron chi connectivity index (χ1n) is 8.53. The Balaban J connectivity index is 1.65. The molecule has 0 spiro atoms. The summed E-state index contributed by atoms with van der Waals surface area (Å²) >= 11 is 0. The van der Waals surface area contributed by atoms with Crippen LogP contribution in [0.2, 0.25) is 0 Å². The number of amides is 1. The number of carbonyl (C=O) groups is 1. The average Bonchev–Trinajstić information content (AvgIpc) is 2.64. The Kier molecular flexibility index (Phi) is 5.36. The summed E-state index contributed by atoms with van der Waals surface area (Å²) in [6.45, 7) is 3.59. The number of methoxy groups -OCH3 is 1. The Morgan fingerprint density at radius 2 is 1.80 bits per heavy atom. The second-order valence-corrected chi connectivity index (χ2v) is 6.35. The van der Waals surface area contributed by atoms with Gasteiger partial charge in [-0.1, -0.05) is 12.1 Å². The van der Waals surface area contributed by atoms with Crippen LogP contribution in [-0.4, -0.2) is 31.7 Å². The van der Waals surface area contributed by atoms with Crippen molar-refractivity contribution in [3.8, 4) is 11.5 Å². The maximum absolute atomic E-state index is 12.6. The molecular formula is C20H24N2O3. The Hall–Kier alpha value is -2.37. The van der Waals surface area contributed by atoms with E-state index in [-0.39, 0.29) is 5.91 Å². The van der Waals surface area contributed by atoms with Crippen molar-refractivity contribution in [1.82, 2.24) is 5.32 Å². The molecular weight excluding hydrogens is 316 g/mol. The summed E-state index contributed by atoms with van der Waals surface area (Å²) in [4.78, 5) is 12.6. The van der Waals surface area contributed by atoms with Crippen molar-refractivity contribution in [2.45, 2.75) is 25.4 Å².